The van der Waals surface area contributed by atoms with Crippen LogP contribution in [0.25, 0.3) is 0 Å². The van der Waals surface area contributed by atoms with Gasteiger partial charge in [0, 0.05) is 5.56 Å². The zero-order valence-electron chi connectivity index (χ0n) is 12.8. The zero-order chi connectivity index (χ0) is 15.0. The number of fused-ring (bicyclic) bond motifs is 1. The smallest absolute Gasteiger partial charge is 0.123 e. The first-order valence-corrected chi connectivity index (χ1v) is 7.47. The van der Waals surface area contributed by atoms with Gasteiger partial charge in [-0.1, -0.05) is 63.2 Å². The summed E-state index contributed by atoms with van der Waals surface area (Å²) >= 11 is 0. The fourth-order valence-electron chi connectivity index (χ4n) is 2.86. The standard InChI is InChI=1S/C19H22O2/c1-19(2,3)14-10-8-13(9-11-14)18(20)16-12-21-17-7-5-4-6-15(16)17/h4-11,16,18,20H,12H2,1-3H3. The topological polar surface area (TPSA) is 29.5 Å². The summed E-state index contributed by atoms with van der Waals surface area (Å²) in [5.41, 5.74) is 3.46. The summed E-state index contributed by atoms with van der Waals surface area (Å²) in [5.74, 6) is 0.912. The molecule has 1 aliphatic heterocycles. The van der Waals surface area contributed by atoms with E-state index in [4.69, 9.17) is 4.74 Å². The summed E-state index contributed by atoms with van der Waals surface area (Å²) in [5, 5.41) is 10.7. The molecule has 110 valence electrons. The Bertz CT molecular complexity index is 623. The predicted molar refractivity (Wildman–Crippen MR) is 84.8 cm³/mol. The first-order valence-electron chi connectivity index (χ1n) is 7.47. The van der Waals surface area contributed by atoms with E-state index in [0.29, 0.717) is 6.61 Å². The minimum Gasteiger partial charge on any atom is -0.493 e. The highest BCUT2D eigenvalue weighted by Gasteiger charge is 2.31. The fraction of sp³-hybridized carbons (Fsp3) is 0.368. The highest BCUT2D eigenvalue weighted by molar-refractivity contribution is 5.42. The van der Waals surface area contributed by atoms with Gasteiger partial charge in [-0.25, -0.2) is 0 Å². The quantitative estimate of drug-likeness (QED) is 0.894. The number of hydrogen-bond acceptors (Lipinski definition) is 2. The second kappa shape index (κ2) is 5.19. The maximum absolute atomic E-state index is 10.7. The normalized spacial score (nSPS) is 19.0. The van der Waals surface area contributed by atoms with Gasteiger partial charge in [-0.15, -0.1) is 0 Å². The summed E-state index contributed by atoms with van der Waals surface area (Å²) in [6.07, 6.45) is -0.525. The van der Waals surface area contributed by atoms with Gasteiger partial charge in [0.2, 0.25) is 0 Å². The average Bonchev–Trinajstić information content (AvgIpc) is 2.90. The van der Waals surface area contributed by atoms with Crippen molar-refractivity contribution in [2.75, 3.05) is 6.61 Å². The van der Waals surface area contributed by atoms with Gasteiger partial charge in [-0.2, -0.15) is 0 Å². The van der Waals surface area contributed by atoms with Crippen molar-refractivity contribution < 1.29 is 9.84 Å². The van der Waals surface area contributed by atoms with Gasteiger partial charge in [0.1, 0.15) is 5.75 Å². The number of aliphatic hydroxyl groups is 1. The Morgan fingerprint density at radius 2 is 1.71 bits per heavy atom. The van der Waals surface area contributed by atoms with Crippen LogP contribution in [0.4, 0.5) is 0 Å². The molecule has 1 N–H and O–H groups in total. The Balaban J connectivity index is 1.85. The van der Waals surface area contributed by atoms with E-state index >= 15 is 0 Å². The van der Waals surface area contributed by atoms with Crippen LogP contribution < -0.4 is 4.74 Å². The first kappa shape index (κ1) is 14.2. The van der Waals surface area contributed by atoms with Crippen LogP contribution in [0.5, 0.6) is 5.75 Å². The van der Waals surface area contributed by atoms with Crippen molar-refractivity contribution in [2.24, 2.45) is 0 Å². The minimum atomic E-state index is -0.525. The van der Waals surface area contributed by atoms with Crippen molar-refractivity contribution in [2.45, 2.75) is 38.2 Å². The van der Waals surface area contributed by atoms with E-state index in [1.54, 1.807) is 0 Å². The molecule has 0 saturated heterocycles. The van der Waals surface area contributed by atoms with Gasteiger partial charge in [0.15, 0.2) is 0 Å². The molecule has 0 bridgehead atoms. The lowest BCUT2D eigenvalue weighted by atomic mass is 9.85. The molecule has 0 fully saturated rings. The number of rotatable bonds is 2. The van der Waals surface area contributed by atoms with E-state index in [-0.39, 0.29) is 11.3 Å². The lowest BCUT2D eigenvalue weighted by Gasteiger charge is -2.21. The highest BCUT2D eigenvalue weighted by Crippen LogP contribution is 2.41. The van der Waals surface area contributed by atoms with Crippen molar-refractivity contribution in [3.63, 3.8) is 0 Å². The van der Waals surface area contributed by atoms with E-state index in [1.807, 2.05) is 36.4 Å². The zero-order valence-corrected chi connectivity index (χ0v) is 12.8. The largest absolute Gasteiger partial charge is 0.493 e. The summed E-state index contributed by atoms with van der Waals surface area (Å²) in [7, 11) is 0. The maximum atomic E-state index is 10.7. The molecule has 0 aliphatic carbocycles. The summed E-state index contributed by atoms with van der Waals surface area (Å²) in [4.78, 5) is 0. The molecular weight excluding hydrogens is 260 g/mol. The molecule has 0 spiro atoms. The summed E-state index contributed by atoms with van der Waals surface area (Å²) < 4.78 is 5.67. The lowest BCUT2D eigenvalue weighted by Crippen LogP contribution is -2.14. The molecule has 2 aromatic carbocycles. The lowest BCUT2D eigenvalue weighted by molar-refractivity contribution is 0.130. The van der Waals surface area contributed by atoms with Crippen LogP contribution in [0.3, 0.4) is 0 Å². The van der Waals surface area contributed by atoms with Crippen LogP contribution in [0.2, 0.25) is 0 Å². The van der Waals surface area contributed by atoms with Gasteiger partial charge in [-0.3, -0.25) is 0 Å². The van der Waals surface area contributed by atoms with E-state index in [2.05, 4.69) is 32.9 Å². The van der Waals surface area contributed by atoms with Crippen LogP contribution in [-0.4, -0.2) is 11.7 Å². The molecule has 2 unspecified atom stereocenters. The summed E-state index contributed by atoms with van der Waals surface area (Å²) in [6, 6.07) is 16.3. The Labute approximate surface area is 126 Å². The number of benzene rings is 2. The van der Waals surface area contributed by atoms with Crippen LogP contribution in [-0.2, 0) is 5.41 Å². The van der Waals surface area contributed by atoms with Crippen LogP contribution in [0, 0.1) is 0 Å². The van der Waals surface area contributed by atoms with Crippen molar-refractivity contribution in [1.29, 1.82) is 0 Å². The van der Waals surface area contributed by atoms with Crippen molar-refractivity contribution in [3.8, 4) is 5.75 Å². The molecular formula is C19H22O2. The molecule has 0 radical (unpaired) electrons. The monoisotopic (exact) mass is 282 g/mol. The Hall–Kier alpha value is -1.80. The van der Waals surface area contributed by atoms with E-state index in [1.165, 1.54) is 5.56 Å². The molecule has 2 nitrogen and oxygen atoms in total. The Kier molecular flexibility index (Phi) is 3.50. The van der Waals surface area contributed by atoms with Gasteiger partial charge >= 0.3 is 0 Å². The first-order chi connectivity index (χ1) is 9.97. The number of ether oxygens (including phenoxy) is 1. The van der Waals surface area contributed by atoms with Gasteiger partial charge in [0.25, 0.3) is 0 Å². The Morgan fingerprint density at radius 3 is 2.38 bits per heavy atom. The Morgan fingerprint density at radius 1 is 1.05 bits per heavy atom. The second-order valence-electron chi connectivity index (χ2n) is 6.77. The van der Waals surface area contributed by atoms with Gasteiger partial charge < -0.3 is 9.84 Å². The molecule has 2 atom stereocenters. The number of aliphatic hydroxyl groups excluding tert-OH is 1. The molecule has 0 saturated carbocycles. The third-order valence-corrected chi connectivity index (χ3v) is 4.24. The third-order valence-electron chi connectivity index (χ3n) is 4.24. The van der Waals surface area contributed by atoms with Crippen LogP contribution in [0.15, 0.2) is 48.5 Å². The van der Waals surface area contributed by atoms with E-state index in [0.717, 1.165) is 16.9 Å². The SMILES string of the molecule is CC(C)(C)c1ccc(C(O)C2COc3ccccc32)cc1. The predicted octanol–water partition coefficient (Wildman–Crippen LogP) is 4.19. The third kappa shape index (κ3) is 2.68. The molecule has 0 amide bonds. The molecule has 1 heterocycles. The van der Waals surface area contributed by atoms with Gasteiger partial charge in [0.05, 0.1) is 18.6 Å². The molecule has 2 aromatic rings. The number of hydrogen-bond donors (Lipinski definition) is 1. The molecule has 3 rings (SSSR count). The molecule has 1 aliphatic rings. The molecule has 0 aromatic heterocycles. The van der Waals surface area contributed by atoms with Gasteiger partial charge in [-0.05, 0) is 22.6 Å². The number of para-hydroxylation sites is 1. The maximum Gasteiger partial charge on any atom is 0.123 e. The van der Waals surface area contributed by atoms with E-state index in [9.17, 15) is 5.11 Å². The molecule has 2 heteroatoms. The van der Waals surface area contributed by atoms with Crippen molar-refractivity contribution >= 4 is 0 Å². The van der Waals surface area contributed by atoms with Crippen molar-refractivity contribution in [3.05, 3.63) is 65.2 Å². The second-order valence-corrected chi connectivity index (χ2v) is 6.77. The molecule has 21 heavy (non-hydrogen) atoms. The van der Waals surface area contributed by atoms with Crippen molar-refractivity contribution in [1.82, 2.24) is 0 Å². The van der Waals surface area contributed by atoms with Crippen LogP contribution in [0.1, 0.15) is 49.5 Å². The fourth-order valence-corrected chi connectivity index (χ4v) is 2.86. The van der Waals surface area contributed by atoms with E-state index < -0.39 is 6.10 Å². The summed E-state index contributed by atoms with van der Waals surface area (Å²) in [6.45, 7) is 7.13. The minimum absolute atomic E-state index is 0.0155. The highest BCUT2D eigenvalue weighted by atomic mass is 16.5. The van der Waals surface area contributed by atoms with Crippen LogP contribution >= 0.6 is 0 Å². The average molecular weight is 282 g/mol.